The van der Waals surface area contributed by atoms with E-state index in [4.69, 9.17) is 16.7 Å². The Hall–Kier alpha value is -1.06. The highest BCUT2D eigenvalue weighted by Gasteiger charge is 2.22. The molecule has 1 aromatic carbocycles. The summed E-state index contributed by atoms with van der Waals surface area (Å²) in [5.41, 5.74) is 1.23. The Morgan fingerprint density at radius 3 is 2.76 bits per heavy atom. The van der Waals surface area contributed by atoms with E-state index in [0.717, 1.165) is 24.6 Å². The van der Waals surface area contributed by atoms with Crippen molar-refractivity contribution in [1.29, 1.82) is 0 Å². The number of carbonyl (C=O) groups is 1. The summed E-state index contributed by atoms with van der Waals surface area (Å²) >= 11 is 6.08. The van der Waals surface area contributed by atoms with E-state index in [1.165, 1.54) is 18.9 Å². The number of carboxylic acid groups (broad SMARTS) is 1. The highest BCUT2D eigenvalue weighted by Crippen LogP contribution is 2.30. The van der Waals surface area contributed by atoms with Crippen molar-refractivity contribution in [2.75, 3.05) is 13.6 Å². The van der Waals surface area contributed by atoms with Gasteiger partial charge in [0.05, 0.1) is 5.56 Å². The van der Waals surface area contributed by atoms with Crippen LogP contribution in [0.1, 0.15) is 28.8 Å². The third-order valence-electron chi connectivity index (χ3n) is 3.01. The average molecular weight is 254 g/mol. The minimum absolute atomic E-state index is 0.239. The van der Waals surface area contributed by atoms with Gasteiger partial charge < -0.3 is 10.0 Å². The van der Waals surface area contributed by atoms with E-state index < -0.39 is 5.97 Å². The van der Waals surface area contributed by atoms with Crippen molar-refractivity contribution in [3.05, 3.63) is 34.3 Å². The van der Waals surface area contributed by atoms with E-state index in [1.54, 1.807) is 12.1 Å². The Balaban J connectivity index is 2.02. The molecule has 1 aromatic rings. The molecule has 0 saturated heterocycles. The molecule has 1 aliphatic rings. The number of halogens is 1. The summed E-state index contributed by atoms with van der Waals surface area (Å²) in [6.07, 6.45) is 2.66. The van der Waals surface area contributed by atoms with Gasteiger partial charge in [-0.3, -0.25) is 0 Å². The van der Waals surface area contributed by atoms with Crippen molar-refractivity contribution in [2.24, 2.45) is 5.92 Å². The first-order valence-electron chi connectivity index (χ1n) is 5.76. The summed E-state index contributed by atoms with van der Waals surface area (Å²) in [5.74, 6) is -0.0955. The fourth-order valence-electron chi connectivity index (χ4n) is 1.91. The number of carboxylic acids is 1. The first kappa shape index (κ1) is 12.4. The van der Waals surface area contributed by atoms with Crippen molar-refractivity contribution in [1.82, 2.24) is 4.90 Å². The van der Waals surface area contributed by atoms with Crippen molar-refractivity contribution in [3.8, 4) is 0 Å². The molecule has 0 spiro atoms. The molecule has 0 bridgehead atoms. The monoisotopic (exact) mass is 253 g/mol. The molecule has 0 unspecified atom stereocenters. The molecular weight excluding hydrogens is 238 g/mol. The Bertz CT molecular complexity index is 429. The van der Waals surface area contributed by atoms with Gasteiger partial charge >= 0.3 is 5.97 Å². The zero-order valence-corrected chi connectivity index (χ0v) is 10.6. The molecular formula is C13H16ClNO2. The number of nitrogens with zero attached hydrogens (tertiary/aromatic N) is 1. The summed E-state index contributed by atoms with van der Waals surface area (Å²) in [6.45, 7) is 1.87. The van der Waals surface area contributed by atoms with Crippen molar-refractivity contribution in [3.63, 3.8) is 0 Å². The van der Waals surface area contributed by atoms with Crippen molar-refractivity contribution >= 4 is 17.6 Å². The van der Waals surface area contributed by atoms with Gasteiger partial charge in [0, 0.05) is 18.1 Å². The van der Waals surface area contributed by atoms with E-state index in [9.17, 15) is 4.79 Å². The molecule has 0 aromatic heterocycles. The summed E-state index contributed by atoms with van der Waals surface area (Å²) in [7, 11) is 2.07. The zero-order chi connectivity index (χ0) is 12.4. The number of aromatic carboxylic acids is 1. The van der Waals surface area contributed by atoms with Gasteiger partial charge in [-0.15, -0.1) is 0 Å². The van der Waals surface area contributed by atoms with Crippen LogP contribution in [0.4, 0.5) is 0 Å². The lowest BCUT2D eigenvalue weighted by atomic mass is 10.1. The van der Waals surface area contributed by atoms with Crippen LogP contribution in [-0.2, 0) is 6.54 Å². The molecule has 0 heterocycles. The maximum Gasteiger partial charge on any atom is 0.335 e. The van der Waals surface area contributed by atoms with Crippen LogP contribution < -0.4 is 0 Å². The predicted molar refractivity (Wildman–Crippen MR) is 67.5 cm³/mol. The Labute approximate surface area is 106 Å². The van der Waals surface area contributed by atoms with E-state index >= 15 is 0 Å². The maximum atomic E-state index is 10.8. The van der Waals surface area contributed by atoms with Crippen LogP contribution in [-0.4, -0.2) is 29.6 Å². The van der Waals surface area contributed by atoms with Crippen LogP contribution in [0.2, 0.25) is 5.02 Å². The van der Waals surface area contributed by atoms with Crippen molar-refractivity contribution in [2.45, 2.75) is 19.4 Å². The van der Waals surface area contributed by atoms with Gasteiger partial charge in [0.25, 0.3) is 0 Å². The molecule has 0 atom stereocenters. The zero-order valence-electron chi connectivity index (χ0n) is 9.82. The van der Waals surface area contributed by atoms with Crippen LogP contribution >= 0.6 is 11.6 Å². The molecule has 2 rings (SSSR count). The van der Waals surface area contributed by atoms with E-state index in [1.807, 2.05) is 0 Å². The second-order valence-electron chi connectivity index (χ2n) is 4.75. The molecule has 4 heteroatoms. The van der Waals surface area contributed by atoms with Crippen LogP contribution in [0.5, 0.6) is 0 Å². The molecule has 0 aliphatic heterocycles. The molecule has 1 saturated carbocycles. The molecule has 17 heavy (non-hydrogen) atoms. The molecule has 1 N–H and O–H groups in total. The molecule has 1 aliphatic carbocycles. The normalized spacial score (nSPS) is 15.2. The van der Waals surface area contributed by atoms with Gasteiger partial charge in [0.1, 0.15) is 0 Å². The number of rotatable bonds is 5. The van der Waals surface area contributed by atoms with E-state index in [-0.39, 0.29) is 5.56 Å². The Morgan fingerprint density at radius 1 is 1.53 bits per heavy atom. The third-order valence-corrected chi connectivity index (χ3v) is 3.36. The molecule has 0 amide bonds. The molecule has 92 valence electrons. The quantitative estimate of drug-likeness (QED) is 0.877. The number of hydrogen-bond donors (Lipinski definition) is 1. The summed E-state index contributed by atoms with van der Waals surface area (Å²) in [6, 6.07) is 4.92. The largest absolute Gasteiger partial charge is 0.478 e. The second kappa shape index (κ2) is 5.07. The van der Waals surface area contributed by atoms with E-state index in [0.29, 0.717) is 5.02 Å². The van der Waals surface area contributed by atoms with Gasteiger partial charge in [-0.25, -0.2) is 4.79 Å². The van der Waals surface area contributed by atoms with Gasteiger partial charge in [0.2, 0.25) is 0 Å². The smallest absolute Gasteiger partial charge is 0.335 e. The second-order valence-corrected chi connectivity index (χ2v) is 5.16. The Morgan fingerprint density at radius 2 is 2.24 bits per heavy atom. The molecule has 1 fully saturated rings. The average Bonchev–Trinajstić information content (AvgIpc) is 3.04. The molecule has 0 radical (unpaired) electrons. The van der Waals surface area contributed by atoms with Gasteiger partial charge in [-0.2, -0.15) is 0 Å². The SMILES string of the molecule is CN(Cc1ccc(C(=O)O)cc1Cl)CC1CC1. The fourth-order valence-corrected chi connectivity index (χ4v) is 2.15. The van der Waals surface area contributed by atoms with Crippen LogP contribution in [0.25, 0.3) is 0 Å². The first-order valence-corrected chi connectivity index (χ1v) is 6.14. The number of benzene rings is 1. The lowest BCUT2D eigenvalue weighted by Gasteiger charge is -2.17. The van der Waals surface area contributed by atoms with Crippen LogP contribution in [0.15, 0.2) is 18.2 Å². The fraction of sp³-hybridized carbons (Fsp3) is 0.462. The summed E-state index contributed by atoms with van der Waals surface area (Å²) in [4.78, 5) is 13.0. The van der Waals surface area contributed by atoms with Gasteiger partial charge in [-0.1, -0.05) is 17.7 Å². The van der Waals surface area contributed by atoms with Crippen molar-refractivity contribution < 1.29 is 9.90 Å². The highest BCUT2D eigenvalue weighted by molar-refractivity contribution is 6.31. The highest BCUT2D eigenvalue weighted by atomic mass is 35.5. The Kier molecular flexibility index (Phi) is 3.69. The first-order chi connectivity index (χ1) is 8.06. The number of hydrogen-bond acceptors (Lipinski definition) is 2. The summed E-state index contributed by atoms with van der Waals surface area (Å²) < 4.78 is 0. The van der Waals surface area contributed by atoms with Gasteiger partial charge in [0.15, 0.2) is 0 Å². The standard InChI is InChI=1S/C13H16ClNO2/c1-15(7-9-2-3-9)8-11-5-4-10(13(16)17)6-12(11)14/h4-6,9H,2-3,7-8H2,1H3,(H,16,17). The minimum Gasteiger partial charge on any atom is -0.478 e. The summed E-state index contributed by atoms with van der Waals surface area (Å²) in [5, 5.41) is 9.37. The predicted octanol–water partition coefficient (Wildman–Crippen LogP) is 2.88. The topological polar surface area (TPSA) is 40.5 Å². The third kappa shape index (κ3) is 3.45. The van der Waals surface area contributed by atoms with E-state index in [2.05, 4.69) is 11.9 Å². The lowest BCUT2D eigenvalue weighted by Crippen LogP contribution is -2.20. The lowest BCUT2D eigenvalue weighted by molar-refractivity contribution is 0.0697. The van der Waals surface area contributed by atoms with Crippen LogP contribution in [0, 0.1) is 5.92 Å². The van der Waals surface area contributed by atoms with Gasteiger partial charge in [-0.05, 0) is 43.5 Å². The maximum absolute atomic E-state index is 10.8. The minimum atomic E-state index is -0.940. The molecule has 3 nitrogen and oxygen atoms in total. The van der Waals surface area contributed by atoms with Crippen LogP contribution in [0.3, 0.4) is 0 Å².